The van der Waals surface area contributed by atoms with Gasteiger partial charge < -0.3 is 10.4 Å². The van der Waals surface area contributed by atoms with E-state index < -0.39 is 11.8 Å². The Morgan fingerprint density at radius 2 is 2.11 bits per heavy atom. The number of hydrogen-bond acceptors (Lipinski definition) is 2. The zero-order chi connectivity index (χ0) is 14.4. The van der Waals surface area contributed by atoms with Crippen LogP contribution in [0.4, 0.5) is 10.1 Å². The molecule has 0 aromatic heterocycles. The average molecular weight is 267 g/mol. The lowest BCUT2D eigenvalue weighted by molar-refractivity contribution is -0.136. The maximum absolute atomic E-state index is 13.6. The van der Waals surface area contributed by atoms with Crippen LogP contribution in [-0.4, -0.2) is 17.0 Å². The fourth-order valence-electron chi connectivity index (χ4n) is 1.60. The van der Waals surface area contributed by atoms with E-state index in [1.807, 2.05) is 13.8 Å². The lowest BCUT2D eigenvalue weighted by Crippen LogP contribution is -2.15. The van der Waals surface area contributed by atoms with Crippen molar-refractivity contribution in [3.8, 4) is 0 Å². The number of anilines is 1. The summed E-state index contributed by atoms with van der Waals surface area (Å²) >= 11 is 0. The van der Waals surface area contributed by atoms with Gasteiger partial charge in [-0.3, -0.25) is 9.59 Å². The van der Waals surface area contributed by atoms with Crippen molar-refractivity contribution in [2.45, 2.75) is 33.1 Å². The Morgan fingerprint density at radius 1 is 1.42 bits per heavy atom. The van der Waals surface area contributed by atoms with Gasteiger partial charge in [-0.1, -0.05) is 26.3 Å². The quantitative estimate of drug-likeness (QED) is 0.832. The summed E-state index contributed by atoms with van der Waals surface area (Å²) in [6, 6.07) is 4.03. The lowest BCUT2D eigenvalue weighted by atomic mass is 10.0. The van der Waals surface area contributed by atoms with E-state index in [0.717, 1.165) is 12.5 Å². The number of carbonyl (C=O) groups excluding carboxylic acids is 1. The number of nitrogens with one attached hydrogen (secondary N) is 1. The fourth-order valence-corrected chi connectivity index (χ4v) is 1.60. The van der Waals surface area contributed by atoms with Gasteiger partial charge in [-0.15, -0.1) is 0 Å². The van der Waals surface area contributed by atoms with Gasteiger partial charge >= 0.3 is 5.97 Å². The second-order valence-corrected chi connectivity index (χ2v) is 4.64. The Kier molecular flexibility index (Phi) is 5.48. The smallest absolute Gasteiger partial charge is 0.307 e. The van der Waals surface area contributed by atoms with Crippen molar-refractivity contribution in [1.82, 2.24) is 0 Å². The molecule has 0 aliphatic carbocycles. The van der Waals surface area contributed by atoms with Crippen LogP contribution < -0.4 is 5.32 Å². The molecule has 1 unspecified atom stereocenters. The van der Waals surface area contributed by atoms with Gasteiger partial charge in [0.15, 0.2) is 0 Å². The second kappa shape index (κ2) is 6.87. The molecule has 0 heterocycles. The molecule has 0 bridgehead atoms. The Bertz CT molecular complexity index is 474. The standard InChI is InChI=1S/C14H18FNO3/c1-3-9(2)6-13(17)16-11-5-4-10(7-14(18)19)12(15)8-11/h4-5,8-9H,3,6-7H2,1-2H3,(H,16,17)(H,18,19). The van der Waals surface area contributed by atoms with Crippen LogP contribution in [0.5, 0.6) is 0 Å². The van der Waals surface area contributed by atoms with Crippen LogP contribution in [0.1, 0.15) is 32.3 Å². The van der Waals surface area contributed by atoms with Gasteiger partial charge in [0.25, 0.3) is 0 Å². The highest BCUT2D eigenvalue weighted by Gasteiger charge is 2.10. The van der Waals surface area contributed by atoms with Crippen molar-refractivity contribution in [2.75, 3.05) is 5.32 Å². The van der Waals surface area contributed by atoms with E-state index in [4.69, 9.17) is 5.11 Å². The van der Waals surface area contributed by atoms with Gasteiger partial charge in [0, 0.05) is 12.1 Å². The predicted molar refractivity (Wildman–Crippen MR) is 70.4 cm³/mol. The molecule has 2 N–H and O–H groups in total. The molecule has 0 fully saturated rings. The number of amides is 1. The first kappa shape index (κ1) is 15.1. The minimum absolute atomic E-state index is 0.104. The van der Waals surface area contributed by atoms with E-state index in [1.165, 1.54) is 12.1 Å². The molecule has 0 radical (unpaired) electrons. The van der Waals surface area contributed by atoms with Crippen LogP contribution in [-0.2, 0) is 16.0 Å². The number of carbonyl (C=O) groups is 2. The van der Waals surface area contributed by atoms with Gasteiger partial charge in [0.1, 0.15) is 5.82 Å². The van der Waals surface area contributed by atoms with E-state index in [2.05, 4.69) is 5.32 Å². The molecule has 0 aliphatic heterocycles. The molecule has 1 atom stereocenters. The summed E-state index contributed by atoms with van der Waals surface area (Å²) in [5, 5.41) is 11.2. The van der Waals surface area contributed by atoms with Crippen LogP contribution in [0, 0.1) is 11.7 Å². The second-order valence-electron chi connectivity index (χ2n) is 4.64. The summed E-state index contributed by atoms with van der Waals surface area (Å²) in [4.78, 5) is 22.1. The Hall–Kier alpha value is -1.91. The molecule has 0 saturated carbocycles. The highest BCUT2D eigenvalue weighted by atomic mass is 19.1. The Morgan fingerprint density at radius 3 is 2.63 bits per heavy atom. The molecule has 5 heteroatoms. The largest absolute Gasteiger partial charge is 0.481 e. The normalized spacial score (nSPS) is 11.9. The molecule has 0 spiro atoms. The van der Waals surface area contributed by atoms with Gasteiger partial charge in [-0.25, -0.2) is 4.39 Å². The summed E-state index contributed by atoms with van der Waals surface area (Å²) in [6.07, 6.45) is 0.918. The first-order valence-corrected chi connectivity index (χ1v) is 6.22. The predicted octanol–water partition coefficient (Wildman–Crippen LogP) is 2.83. The van der Waals surface area contributed by atoms with Gasteiger partial charge in [0.05, 0.1) is 6.42 Å². The lowest BCUT2D eigenvalue weighted by Gasteiger charge is -2.10. The van der Waals surface area contributed by atoms with Crippen molar-refractivity contribution >= 4 is 17.6 Å². The zero-order valence-corrected chi connectivity index (χ0v) is 11.1. The van der Waals surface area contributed by atoms with Crippen molar-refractivity contribution in [3.63, 3.8) is 0 Å². The topological polar surface area (TPSA) is 66.4 Å². The molecule has 1 aromatic rings. The number of carboxylic acid groups (broad SMARTS) is 1. The minimum Gasteiger partial charge on any atom is -0.481 e. The number of aliphatic carboxylic acids is 1. The monoisotopic (exact) mass is 267 g/mol. The SMILES string of the molecule is CCC(C)CC(=O)Nc1ccc(CC(=O)O)c(F)c1. The van der Waals surface area contributed by atoms with Crippen LogP contribution in [0.25, 0.3) is 0 Å². The van der Waals surface area contributed by atoms with Crippen LogP contribution in [0.15, 0.2) is 18.2 Å². The molecular weight excluding hydrogens is 249 g/mol. The summed E-state index contributed by atoms with van der Waals surface area (Å²) in [5.41, 5.74) is 0.451. The van der Waals surface area contributed by atoms with Crippen LogP contribution in [0.2, 0.25) is 0 Å². The molecule has 1 aromatic carbocycles. The zero-order valence-electron chi connectivity index (χ0n) is 11.1. The maximum Gasteiger partial charge on any atom is 0.307 e. The summed E-state index contributed by atoms with van der Waals surface area (Å²) in [5.74, 6) is -1.60. The number of halogens is 1. The fraction of sp³-hybridized carbons (Fsp3) is 0.429. The van der Waals surface area contributed by atoms with E-state index in [9.17, 15) is 14.0 Å². The molecule has 0 saturated heterocycles. The summed E-state index contributed by atoms with van der Waals surface area (Å²) in [6.45, 7) is 3.97. The van der Waals surface area contributed by atoms with E-state index in [0.29, 0.717) is 12.1 Å². The minimum atomic E-state index is -1.09. The van der Waals surface area contributed by atoms with Crippen molar-refractivity contribution in [1.29, 1.82) is 0 Å². The molecule has 4 nitrogen and oxygen atoms in total. The van der Waals surface area contributed by atoms with Crippen LogP contribution in [0.3, 0.4) is 0 Å². The van der Waals surface area contributed by atoms with Gasteiger partial charge in [0.2, 0.25) is 5.91 Å². The highest BCUT2D eigenvalue weighted by molar-refractivity contribution is 5.90. The van der Waals surface area contributed by atoms with E-state index in [1.54, 1.807) is 0 Å². The first-order chi connectivity index (χ1) is 8.92. The average Bonchev–Trinajstić information content (AvgIpc) is 2.32. The third-order valence-corrected chi connectivity index (χ3v) is 2.91. The summed E-state index contributed by atoms with van der Waals surface area (Å²) in [7, 11) is 0. The maximum atomic E-state index is 13.6. The molecule has 19 heavy (non-hydrogen) atoms. The Balaban J connectivity index is 2.68. The van der Waals surface area contributed by atoms with Crippen molar-refractivity contribution in [2.24, 2.45) is 5.92 Å². The Labute approximate surface area is 111 Å². The van der Waals surface area contributed by atoms with Crippen molar-refractivity contribution < 1.29 is 19.1 Å². The third-order valence-electron chi connectivity index (χ3n) is 2.91. The van der Waals surface area contributed by atoms with Crippen molar-refractivity contribution in [3.05, 3.63) is 29.6 Å². The van der Waals surface area contributed by atoms with E-state index in [-0.39, 0.29) is 23.8 Å². The molecular formula is C14H18FNO3. The molecule has 104 valence electrons. The van der Waals surface area contributed by atoms with Gasteiger partial charge in [-0.2, -0.15) is 0 Å². The number of hydrogen-bond donors (Lipinski definition) is 2. The first-order valence-electron chi connectivity index (χ1n) is 6.22. The molecule has 0 aliphatic rings. The summed E-state index contributed by atoms with van der Waals surface area (Å²) < 4.78 is 13.6. The number of rotatable bonds is 6. The highest BCUT2D eigenvalue weighted by Crippen LogP contribution is 2.16. The van der Waals surface area contributed by atoms with Crippen LogP contribution >= 0.6 is 0 Å². The number of benzene rings is 1. The van der Waals surface area contributed by atoms with E-state index >= 15 is 0 Å². The van der Waals surface area contributed by atoms with Gasteiger partial charge in [-0.05, 0) is 23.6 Å². The third kappa shape index (κ3) is 5.07. The number of carboxylic acids is 1. The molecule has 1 amide bonds. The molecule has 1 rings (SSSR count).